The summed E-state index contributed by atoms with van der Waals surface area (Å²) in [6.45, 7) is 4.98. The topological polar surface area (TPSA) is 75.3 Å². The Bertz CT molecular complexity index is 490. The number of nitrogens with zero attached hydrogens (tertiary/aromatic N) is 4. The van der Waals surface area contributed by atoms with E-state index < -0.39 is 5.54 Å². The lowest BCUT2D eigenvalue weighted by molar-refractivity contribution is -0.136. The summed E-state index contributed by atoms with van der Waals surface area (Å²) in [5, 5.41) is 0.210. The van der Waals surface area contributed by atoms with Crippen LogP contribution in [0.15, 0.2) is 6.33 Å². The highest BCUT2D eigenvalue weighted by Gasteiger charge is 2.42. The maximum atomic E-state index is 12.2. The number of hydrogen-bond donors (Lipinski definition) is 1. The van der Waals surface area contributed by atoms with E-state index in [1.807, 2.05) is 18.7 Å². The molecule has 6 nitrogen and oxygen atoms in total. The molecule has 0 unspecified atom stereocenters. The summed E-state index contributed by atoms with van der Waals surface area (Å²) in [4.78, 5) is 23.7. The first-order valence-corrected chi connectivity index (χ1v) is 6.02. The van der Waals surface area contributed by atoms with Crippen LogP contribution in [0.3, 0.4) is 0 Å². The number of rotatable bonds is 1. The zero-order chi connectivity index (χ0) is 13.5. The van der Waals surface area contributed by atoms with Gasteiger partial charge in [0.1, 0.15) is 17.6 Å². The van der Waals surface area contributed by atoms with Gasteiger partial charge in [0.05, 0.1) is 0 Å². The second-order valence-electron chi connectivity index (χ2n) is 4.84. The van der Waals surface area contributed by atoms with Gasteiger partial charge in [-0.3, -0.25) is 4.79 Å². The normalized spacial score (nSPS) is 19.2. The number of carbonyl (C=O) groups excluding carboxylic acids is 1. The standard InChI is InChI=1S/C11H16ClN5O/c1-11(2)10(18)16(3)4-5-17(11)9-7(13)8(12)14-6-15-9/h6H,4-5,13H2,1-3H3. The first kappa shape index (κ1) is 12.9. The number of anilines is 2. The van der Waals surface area contributed by atoms with Crippen LogP contribution in [-0.2, 0) is 4.79 Å². The average molecular weight is 270 g/mol. The van der Waals surface area contributed by atoms with Gasteiger partial charge in [0, 0.05) is 20.1 Å². The molecule has 0 spiro atoms. The average Bonchev–Trinajstić information content (AvgIpc) is 2.31. The van der Waals surface area contributed by atoms with Crippen molar-refractivity contribution in [2.24, 2.45) is 0 Å². The van der Waals surface area contributed by atoms with Gasteiger partial charge in [0.25, 0.3) is 0 Å². The van der Waals surface area contributed by atoms with Crippen molar-refractivity contribution in [2.75, 3.05) is 30.8 Å². The zero-order valence-electron chi connectivity index (χ0n) is 10.6. The van der Waals surface area contributed by atoms with E-state index in [2.05, 4.69) is 9.97 Å². The lowest BCUT2D eigenvalue weighted by Crippen LogP contribution is -2.62. The minimum atomic E-state index is -0.696. The molecule has 1 amide bonds. The third kappa shape index (κ3) is 1.86. The number of piperazine rings is 1. The van der Waals surface area contributed by atoms with E-state index in [1.54, 1.807) is 11.9 Å². The van der Waals surface area contributed by atoms with Crippen molar-refractivity contribution < 1.29 is 4.79 Å². The maximum Gasteiger partial charge on any atom is 0.247 e. The highest BCUT2D eigenvalue weighted by Crippen LogP contribution is 2.33. The van der Waals surface area contributed by atoms with Crippen molar-refractivity contribution >= 4 is 29.0 Å². The van der Waals surface area contributed by atoms with Crippen molar-refractivity contribution in [1.82, 2.24) is 14.9 Å². The van der Waals surface area contributed by atoms with Crippen LogP contribution in [0, 0.1) is 0 Å². The van der Waals surface area contributed by atoms with Crippen LogP contribution in [-0.4, -0.2) is 46.5 Å². The van der Waals surface area contributed by atoms with Crippen LogP contribution in [0.4, 0.5) is 11.5 Å². The Morgan fingerprint density at radius 1 is 1.39 bits per heavy atom. The number of nitrogen functional groups attached to an aromatic ring is 1. The van der Waals surface area contributed by atoms with Crippen molar-refractivity contribution in [3.63, 3.8) is 0 Å². The molecule has 7 heteroatoms. The van der Waals surface area contributed by atoms with Crippen LogP contribution in [0.25, 0.3) is 0 Å². The van der Waals surface area contributed by atoms with Gasteiger partial charge in [-0.2, -0.15) is 0 Å². The van der Waals surface area contributed by atoms with Gasteiger partial charge in [0.2, 0.25) is 5.91 Å². The minimum absolute atomic E-state index is 0.0304. The SMILES string of the molecule is CN1CCN(c2ncnc(Cl)c2N)C(C)(C)C1=O. The minimum Gasteiger partial charge on any atom is -0.393 e. The highest BCUT2D eigenvalue weighted by molar-refractivity contribution is 6.32. The number of hydrogen-bond acceptors (Lipinski definition) is 5. The van der Waals surface area contributed by atoms with Gasteiger partial charge in [-0.1, -0.05) is 11.6 Å². The fourth-order valence-corrected chi connectivity index (χ4v) is 2.29. The van der Waals surface area contributed by atoms with Gasteiger partial charge >= 0.3 is 0 Å². The Hall–Kier alpha value is -1.56. The Morgan fingerprint density at radius 3 is 2.72 bits per heavy atom. The fraction of sp³-hybridized carbons (Fsp3) is 0.545. The molecule has 2 rings (SSSR count). The van der Waals surface area contributed by atoms with Crippen LogP contribution in [0.5, 0.6) is 0 Å². The molecule has 0 saturated carbocycles. The van der Waals surface area contributed by atoms with E-state index in [4.69, 9.17) is 17.3 Å². The van der Waals surface area contributed by atoms with Crippen LogP contribution >= 0.6 is 11.6 Å². The van der Waals surface area contributed by atoms with E-state index in [0.29, 0.717) is 24.6 Å². The molecule has 1 aliphatic rings. The third-order valence-corrected chi connectivity index (χ3v) is 3.57. The van der Waals surface area contributed by atoms with Gasteiger partial charge in [-0.05, 0) is 13.8 Å². The predicted octanol–water partition coefficient (Wildman–Crippen LogP) is 0.769. The van der Waals surface area contributed by atoms with E-state index in [9.17, 15) is 4.79 Å². The maximum absolute atomic E-state index is 12.2. The van der Waals surface area contributed by atoms with Crippen molar-refractivity contribution in [3.8, 4) is 0 Å². The number of carbonyl (C=O) groups is 1. The predicted molar refractivity (Wildman–Crippen MR) is 70.5 cm³/mol. The fourth-order valence-electron chi connectivity index (χ4n) is 2.16. The smallest absolute Gasteiger partial charge is 0.247 e. The Labute approximate surface area is 111 Å². The molecule has 0 aliphatic carbocycles. The number of nitrogens with two attached hydrogens (primary N) is 1. The molecule has 2 N–H and O–H groups in total. The molecule has 0 radical (unpaired) electrons. The largest absolute Gasteiger partial charge is 0.393 e. The second-order valence-corrected chi connectivity index (χ2v) is 5.20. The van der Waals surface area contributed by atoms with Gasteiger partial charge < -0.3 is 15.5 Å². The van der Waals surface area contributed by atoms with Crippen LogP contribution in [0.2, 0.25) is 5.15 Å². The van der Waals surface area contributed by atoms with E-state index in [-0.39, 0.29) is 11.1 Å². The number of likely N-dealkylation sites (N-methyl/N-ethyl adjacent to an activating group) is 1. The molecule has 2 heterocycles. The van der Waals surface area contributed by atoms with Crippen molar-refractivity contribution in [2.45, 2.75) is 19.4 Å². The van der Waals surface area contributed by atoms with Gasteiger partial charge in [-0.25, -0.2) is 9.97 Å². The summed E-state index contributed by atoms with van der Waals surface area (Å²) in [5.41, 5.74) is 5.51. The molecule has 1 aromatic rings. The Morgan fingerprint density at radius 2 is 2.06 bits per heavy atom. The lowest BCUT2D eigenvalue weighted by atomic mass is 9.97. The molecular weight excluding hydrogens is 254 g/mol. The Kier molecular flexibility index (Phi) is 3.06. The van der Waals surface area contributed by atoms with E-state index in [1.165, 1.54) is 6.33 Å². The molecule has 0 bridgehead atoms. The summed E-state index contributed by atoms with van der Waals surface area (Å²) in [5.74, 6) is 0.546. The van der Waals surface area contributed by atoms with E-state index >= 15 is 0 Å². The summed E-state index contributed by atoms with van der Waals surface area (Å²) in [7, 11) is 1.79. The summed E-state index contributed by atoms with van der Waals surface area (Å²) in [6.07, 6.45) is 1.35. The van der Waals surface area contributed by atoms with Crippen molar-refractivity contribution in [3.05, 3.63) is 11.5 Å². The molecule has 18 heavy (non-hydrogen) atoms. The van der Waals surface area contributed by atoms with E-state index in [0.717, 1.165) is 0 Å². The van der Waals surface area contributed by atoms with Gasteiger partial charge in [0.15, 0.2) is 11.0 Å². The molecule has 1 fully saturated rings. The second kappa shape index (κ2) is 4.28. The molecule has 1 aliphatic heterocycles. The molecule has 0 atom stereocenters. The summed E-state index contributed by atoms with van der Waals surface area (Å²) >= 11 is 5.89. The number of amides is 1. The monoisotopic (exact) mass is 269 g/mol. The molecular formula is C11H16ClN5O. The first-order chi connectivity index (χ1) is 8.35. The van der Waals surface area contributed by atoms with Crippen molar-refractivity contribution in [1.29, 1.82) is 0 Å². The van der Waals surface area contributed by atoms with Gasteiger partial charge in [-0.15, -0.1) is 0 Å². The molecule has 1 aromatic heterocycles. The third-order valence-electron chi connectivity index (χ3n) is 3.27. The number of halogens is 1. The van der Waals surface area contributed by atoms with Crippen LogP contribution < -0.4 is 10.6 Å². The summed E-state index contributed by atoms with van der Waals surface area (Å²) in [6, 6.07) is 0. The summed E-state index contributed by atoms with van der Waals surface area (Å²) < 4.78 is 0. The van der Waals surface area contributed by atoms with Crippen LogP contribution in [0.1, 0.15) is 13.8 Å². The molecule has 0 aromatic carbocycles. The zero-order valence-corrected chi connectivity index (χ0v) is 11.4. The highest BCUT2D eigenvalue weighted by atomic mass is 35.5. The number of aromatic nitrogens is 2. The molecule has 1 saturated heterocycles. The Balaban J connectivity index is 2.45. The molecule has 98 valence electrons. The first-order valence-electron chi connectivity index (χ1n) is 5.65. The quantitative estimate of drug-likeness (QED) is 0.762. The lowest BCUT2D eigenvalue weighted by Gasteiger charge is -2.45.